The summed E-state index contributed by atoms with van der Waals surface area (Å²) in [6.45, 7) is 2.25. The van der Waals surface area contributed by atoms with E-state index in [-0.39, 0.29) is 12.0 Å². The summed E-state index contributed by atoms with van der Waals surface area (Å²) >= 11 is 0. The number of hydrogen-bond acceptors (Lipinski definition) is 5. The van der Waals surface area contributed by atoms with Crippen molar-refractivity contribution in [2.45, 2.75) is 25.4 Å². The van der Waals surface area contributed by atoms with Gasteiger partial charge in [0.2, 0.25) is 5.91 Å². The van der Waals surface area contributed by atoms with Crippen LogP contribution in [0.5, 0.6) is 0 Å². The fourth-order valence-corrected chi connectivity index (χ4v) is 2.30. The van der Waals surface area contributed by atoms with Crippen molar-refractivity contribution in [2.75, 3.05) is 32.1 Å². The standard InChI is InChI=1S/C16H22N2O4/c1-21-16(20)12-4-6-13(7-5-12)18-15(19)8-9-17-11-14-3-2-10-22-14/h4-7,14,17H,2-3,8-11H2,1H3,(H,18,19). The molecule has 1 aliphatic rings. The minimum atomic E-state index is -0.392. The van der Waals surface area contributed by atoms with Crippen molar-refractivity contribution in [3.63, 3.8) is 0 Å². The summed E-state index contributed by atoms with van der Waals surface area (Å²) < 4.78 is 10.1. The lowest BCUT2D eigenvalue weighted by molar-refractivity contribution is -0.116. The Morgan fingerprint density at radius 3 is 2.73 bits per heavy atom. The number of amides is 1. The van der Waals surface area contributed by atoms with Gasteiger partial charge in [-0.05, 0) is 37.1 Å². The summed E-state index contributed by atoms with van der Waals surface area (Å²) in [6.07, 6.45) is 2.89. The molecular formula is C16H22N2O4. The molecule has 1 aliphatic heterocycles. The van der Waals surface area contributed by atoms with Crippen molar-refractivity contribution >= 4 is 17.6 Å². The van der Waals surface area contributed by atoms with Crippen molar-refractivity contribution in [3.05, 3.63) is 29.8 Å². The molecule has 22 heavy (non-hydrogen) atoms. The van der Waals surface area contributed by atoms with Crippen LogP contribution in [-0.2, 0) is 14.3 Å². The number of anilines is 1. The van der Waals surface area contributed by atoms with Gasteiger partial charge in [-0.25, -0.2) is 4.79 Å². The van der Waals surface area contributed by atoms with Gasteiger partial charge in [-0.2, -0.15) is 0 Å². The summed E-state index contributed by atoms with van der Waals surface area (Å²) in [4.78, 5) is 23.1. The SMILES string of the molecule is COC(=O)c1ccc(NC(=O)CCNCC2CCCO2)cc1. The molecule has 1 fully saturated rings. The van der Waals surface area contributed by atoms with Crippen LogP contribution >= 0.6 is 0 Å². The third-order valence-electron chi connectivity index (χ3n) is 3.51. The molecule has 6 nitrogen and oxygen atoms in total. The Bertz CT molecular complexity index is 495. The maximum atomic E-state index is 11.8. The third-order valence-corrected chi connectivity index (χ3v) is 3.51. The lowest BCUT2D eigenvalue weighted by Gasteiger charge is -2.10. The molecule has 0 bridgehead atoms. The number of methoxy groups -OCH3 is 1. The molecule has 1 heterocycles. The first-order valence-corrected chi connectivity index (χ1v) is 7.49. The van der Waals surface area contributed by atoms with Gasteiger partial charge >= 0.3 is 5.97 Å². The highest BCUT2D eigenvalue weighted by Crippen LogP contribution is 2.11. The van der Waals surface area contributed by atoms with E-state index in [0.717, 1.165) is 26.0 Å². The number of nitrogens with one attached hydrogen (secondary N) is 2. The van der Waals surface area contributed by atoms with Gasteiger partial charge in [-0.15, -0.1) is 0 Å². The number of benzene rings is 1. The molecule has 1 saturated heterocycles. The second kappa shape index (κ2) is 8.51. The van der Waals surface area contributed by atoms with Crippen LogP contribution in [0.25, 0.3) is 0 Å². The van der Waals surface area contributed by atoms with Crippen LogP contribution in [-0.4, -0.2) is 44.8 Å². The van der Waals surface area contributed by atoms with Crippen LogP contribution in [0.1, 0.15) is 29.6 Å². The van der Waals surface area contributed by atoms with Crippen molar-refractivity contribution < 1.29 is 19.1 Å². The molecule has 0 spiro atoms. The molecule has 1 amide bonds. The van der Waals surface area contributed by atoms with Gasteiger partial charge < -0.3 is 20.1 Å². The van der Waals surface area contributed by atoms with Gasteiger partial charge in [0.05, 0.1) is 18.8 Å². The van der Waals surface area contributed by atoms with E-state index >= 15 is 0 Å². The minimum Gasteiger partial charge on any atom is -0.465 e. The molecule has 2 rings (SSSR count). The van der Waals surface area contributed by atoms with Crippen molar-refractivity contribution in [3.8, 4) is 0 Å². The zero-order valence-electron chi connectivity index (χ0n) is 12.8. The summed E-state index contributed by atoms with van der Waals surface area (Å²) in [5, 5.41) is 6.02. The third kappa shape index (κ3) is 5.13. The second-order valence-electron chi connectivity index (χ2n) is 5.21. The Labute approximate surface area is 130 Å². The van der Waals surface area contributed by atoms with Gasteiger partial charge in [0.25, 0.3) is 0 Å². The maximum Gasteiger partial charge on any atom is 0.337 e. The maximum absolute atomic E-state index is 11.8. The number of hydrogen-bond donors (Lipinski definition) is 2. The lowest BCUT2D eigenvalue weighted by Crippen LogP contribution is -2.29. The number of carbonyl (C=O) groups excluding carboxylic acids is 2. The van der Waals surface area contributed by atoms with Crippen LogP contribution in [0.15, 0.2) is 24.3 Å². The van der Waals surface area contributed by atoms with Crippen molar-refractivity contribution in [2.24, 2.45) is 0 Å². The number of esters is 1. The van der Waals surface area contributed by atoms with Gasteiger partial charge in [0.1, 0.15) is 0 Å². The van der Waals surface area contributed by atoms with Gasteiger partial charge in [0.15, 0.2) is 0 Å². The van der Waals surface area contributed by atoms with Crippen molar-refractivity contribution in [1.29, 1.82) is 0 Å². The van der Waals surface area contributed by atoms with E-state index in [2.05, 4.69) is 15.4 Å². The van der Waals surface area contributed by atoms with Crippen LogP contribution in [0, 0.1) is 0 Å². The predicted octanol–water partition coefficient (Wildman–Crippen LogP) is 1.57. The van der Waals surface area contributed by atoms with E-state index in [1.807, 2.05) is 0 Å². The Hall–Kier alpha value is -1.92. The monoisotopic (exact) mass is 306 g/mol. The Morgan fingerprint density at radius 2 is 2.09 bits per heavy atom. The first kappa shape index (κ1) is 16.5. The molecule has 0 saturated carbocycles. The zero-order chi connectivity index (χ0) is 15.8. The lowest BCUT2D eigenvalue weighted by atomic mass is 10.2. The first-order chi connectivity index (χ1) is 10.7. The summed E-state index contributed by atoms with van der Waals surface area (Å²) in [5.41, 5.74) is 1.12. The highest BCUT2D eigenvalue weighted by molar-refractivity contribution is 5.93. The molecule has 6 heteroatoms. The van der Waals surface area contributed by atoms with E-state index in [4.69, 9.17) is 4.74 Å². The second-order valence-corrected chi connectivity index (χ2v) is 5.21. The normalized spacial score (nSPS) is 17.2. The van der Waals surface area contributed by atoms with Gasteiger partial charge in [-0.1, -0.05) is 0 Å². The molecule has 1 aromatic carbocycles. The average molecular weight is 306 g/mol. The molecule has 0 radical (unpaired) electrons. The predicted molar refractivity (Wildman–Crippen MR) is 82.9 cm³/mol. The fraction of sp³-hybridized carbons (Fsp3) is 0.500. The Kier molecular flexibility index (Phi) is 6.36. The molecule has 1 unspecified atom stereocenters. The number of carbonyl (C=O) groups is 2. The topological polar surface area (TPSA) is 76.7 Å². The molecular weight excluding hydrogens is 284 g/mol. The largest absolute Gasteiger partial charge is 0.465 e. The van der Waals surface area contributed by atoms with E-state index in [1.165, 1.54) is 7.11 Å². The summed E-state index contributed by atoms with van der Waals surface area (Å²) in [6, 6.07) is 6.61. The average Bonchev–Trinajstić information content (AvgIpc) is 3.05. The van der Waals surface area contributed by atoms with Gasteiger partial charge in [-0.3, -0.25) is 4.79 Å². The highest BCUT2D eigenvalue weighted by atomic mass is 16.5. The molecule has 2 N–H and O–H groups in total. The summed E-state index contributed by atoms with van der Waals surface area (Å²) in [5.74, 6) is -0.457. The number of ether oxygens (including phenoxy) is 2. The Morgan fingerprint density at radius 1 is 1.32 bits per heavy atom. The van der Waals surface area contributed by atoms with E-state index in [0.29, 0.717) is 24.2 Å². The number of rotatable bonds is 7. The Balaban J connectivity index is 1.66. The van der Waals surface area contributed by atoms with E-state index in [1.54, 1.807) is 24.3 Å². The van der Waals surface area contributed by atoms with Crippen LogP contribution in [0.3, 0.4) is 0 Å². The van der Waals surface area contributed by atoms with Crippen LogP contribution < -0.4 is 10.6 Å². The fourth-order valence-electron chi connectivity index (χ4n) is 2.30. The molecule has 120 valence electrons. The molecule has 0 aromatic heterocycles. The van der Waals surface area contributed by atoms with Gasteiger partial charge in [0, 0.05) is 31.8 Å². The summed E-state index contributed by atoms with van der Waals surface area (Å²) in [7, 11) is 1.33. The molecule has 1 aromatic rings. The highest BCUT2D eigenvalue weighted by Gasteiger charge is 2.14. The van der Waals surface area contributed by atoms with E-state index < -0.39 is 5.97 Å². The zero-order valence-corrected chi connectivity index (χ0v) is 12.8. The van der Waals surface area contributed by atoms with Crippen LogP contribution in [0.4, 0.5) is 5.69 Å². The molecule has 1 atom stereocenters. The minimum absolute atomic E-state index is 0.0642. The van der Waals surface area contributed by atoms with E-state index in [9.17, 15) is 9.59 Å². The van der Waals surface area contributed by atoms with Crippen LogP contribution in [0.2, 0.25) is 0 Å². The molecule has 0 aliphatic carbocycles. The van der Waals surface area contributed by atoms with Crippen molar-refractivity contribution in [1.82, 2.24) is 5.32 Å². The first-order valence-electron chi connectivity index (χ1n) is 7.49. The quantitative estimate of drug-likeness (QED) is 0.591. The smallest absolute Gasteiger partial charge is 0.337 e.